The number of hydrogen-bond donors (Lipinski definition) is 1. The lowest BCUT2D eigenvalue weighted by Crippen LogP contribution is -2.23. The van der Waals surface area contributed by atoms with Crippen molar-refractivity contribution < 1.29 is 17.2 Å². The number of nitrogens with one attached hydrogen (secondary N) is 1. The van der Waals surface area contributed by atoms with E-state index in [1.165, 1.54) is 18.2 Å². The molecule has 0 aliphatic rings. The van der Waals surface area contributed by atoms with Crippen molar-refractivity contribution in [1.82, 2.24) is 4.72 Å². The minimum atomic E-state index is -3.86. The van der Waals surface area contributed by atoms with Crippen molar-refractivity contribution in [3.05, 3.63) is 53.7 Å². The molecular formula is C12H12FNO3S. The Bertz CT molecular complexity index is 649. The van der Waals surface area contributed by atoms with Crippen molar-refractivity contribution in [2.45, 2.75) is 18.4 Å². The van der Waals surface area contributed by atoms with Crippen LogP contribution in [0.3, 0.4) is 0 Å². The van der Waals surface area contributed by atoms with Crippen LogP contribution in [0.4, 0.5) is 4.39 Å². The standard InChI is InChI=1S/C12H12FNO3S/c1-9-6-7-10(17-9)8-14-18(15,16)12-5-3-2-4-11(12)13/h2-7,14H,8H2,1H3. The molecule has 18 heavy (non-hydrogen) atoms. The number of furan rings is 1. The Kier molecular flexibility index (Phi) is 3.49. The van der Waals surface area contributed by atoms with E-state index < -0.39 is 15.8 Å². The SMILES string of the molecule is Cc1ccc(CNS(=O)(=O)c2ccccc2F)o1. The second kappa shape index (κ2) is 4.91. The molecule has 0 unspecified atom stereocenters. The number of halogens is 1. The topological polar surface area (TPSA) is 59.3 Å². The number of aryl methyl sites for hydroxylation is 1. The fourth-order valence-corrected chi connectivity index (χ4v) is 2.56. The van der Waals surface area contributed by atoms with Crippen LogP contribution < -0.4 is 4.72 Å². The summed E-state index contributed by atoms with van der Waals surface area (Å²) in [7, 11) is -3.86. The van der Waals surface area contributed by atoms with Crippen LogP contribution in [0.15, 0.2) is 45.7 Å². The van der Waals surface area contributed by atoms with Crippen molar-refractivity contribution in [3.63, 3.8) is 0 Å². The Morgan fingerprint density at radius 1 is 1.22 bits per heavy atom. The molecule has 0 saturated heterocycles. The molecule has 2 aromatic rings. The molecule has 0 bridgehead atoms. The minimum Gasteiger partial charge on any atom is -0.465 e. The molecule has 0 amide bonds. The highest BCUT2D eigenvalue weighted by molar-refractivity contribution is 7.89. The Morgan fingerprint density at radius 3 is 2.56 bits per heavy atom. The van der Waals surface area contributed by atoms with Gasteiger partial charge < -0.3 is 4.42 Å². The molecule has 0 spiro atoms. The molecule has 0 atom stereocenters. The van der Waals surface area contributed by atoms with Gasteiger partial charge in [0.2, 0.25) is 10.0 Å². The molecule has 4 nitrogen and oxygen atoms in total. The molecule has 1 aromatic carbocycles. The van der Waals surface area contributed by atoms with Crippen LogP contribution in [-0.2, 0) is 16.6 Å². The smallest absolute Gasteiger partial charge is 0.243 e. The molecule has 0 aliphatic carbocycles. The first-order valence-electron chi connectivity index (χ1n) is 5.28. The summed E-state index contributed by atoms with van der Waals surface area (Å²) in [6.45, 7) is 1.75. The lowest BCUT2D eigenvalue weighted by Gasteiger charge is -2.05. The molecular weight excluding hydrogens is 257 g/mol. The van der Waals surface area contributed by atoms with E-state index in [1.54, 1.807) is 19.1 Å². The van der Waals surface area contributed by atoms with Crippen molar-refractivity contribution >= 4 is 10.0 Å². The molecule has 1 N–H and O–H groups in total. The fraction of sp³-hybridized carbons (Fsp3) is 0.167. The molecule has 96 valence electrons. The Morgan fingerprint density at radius 2 is 1.94 bits per heavy atom. The normalized spacial score (nSPS) is 11.7. The molecule has 0 saturated carbocycles. The van der Waals surface area contributed by atoms with Gasteiger partial charge in [-0.2, -0.15) is 0 Å². The minimum absolute atomic E-state index is 0.00942. The summed E-state index contributed by atoms with van der Waals surface area (Å²) in [5, 5.41) is 0. The van der Waals surface area contributed by atoms with Gasteiger partial charge in [-0.3, -0.25) is 0 Å². The van der Waals surface area contributed by atoms with E-state index in [0.717, 1.165) is 6.07 Å². The molecule has 2 rings (SSSR count). The molecule has 1 heterocycles. The monoisotopic (exact) mass is 269 g/mol. The quantitative estimate of drug-likeness (QED) is 0.925. The van der Waals surface area contributed by atoms with Gasteiger partial charge in [-0.15, -0.1) is 0 Å². The van der Waals surface area contributed by atoms with Crippen LogP contribution in [0, 0.1) is 12.7 Å². The second-order valence-electron chi connectivity index (χ2n) is 3.77. The van der Waals surface area contributed by atoms with Crippen molar-refractivity contribution in [1.29, 1.82) is 0 Å². The fourth-order valence-electron chi connectivity index (χ4n) is 1.49. The maximum atomic E-state index is 13.4. The first kappa shape index (κ1) is 12.8. The summed E-state index contributed by atoms with van der Waals surface area (Å²) in [5.74, 6) is 0.392. The van der Waals surface area contributed by atoms with E-state index >= 15 is 0 Å². The van der Waals surface area contributed by atoms with Gasteiger partial charge in [-0.1, -0.05) is 12.1 Å². The maximum absolute atomic E-state index is 13.4. The average molecular weight is 269 g/mol. The number of sulfonamides is 1. The van der Waals surface area contributed by atoms with Crippen LogP contribution in [0.5, 0.6) is 0 Å². The van der Waals surface area contributed by atoms with Crippen LogP contribution >= 0.6 is 0 Å². The van der Waals surface area contributed by atoms with Crippen molar-refractivity contribution in [2.24, 2.45) is 0 Å². The molecule has 0 aliphatic heterocycles. The largest absolute Gasteiger partial charge is 0.465 e. The Labute approximate surface area is 104 Å². The average Bonchev–Trinajstić information content (AvgIpc) is 2.73. The summed E-state index contributed by atoms with van der Waals surface area (Å²) < 4.78 is 44.6. The highest BCUT2D eigenvalue weighted by Gasteiger charge is 2.18. The third kappa shape index (κ3) is 2.77. The predicted octanol–water partition coefficient (Wildman–Crippen LogP) is 2.21. The summed E-state index contributed by atoms with van der Waals surface area (Å²) >= 11 is 0. The van der Waals surface area contributed by atoms with Gasteiger partial charge in [0.1, 0.15) is 22.2 Å². The van der Waals surface area contributed by atoms with Gasteiger partial charge in [0.25, 0.3) is 0 Å². The summed E-state index contributed by atoms with van der Waals surface area (Å²) in [5.41, 5.74) is 0. The van der Waals surface area contributed by atoms with Gasteiger partial charge >= 0.3 is 0 Å². The molecule has 6 heteroatoms. The zero-order valence-corrected chi connectivity index (χ0v) is 10.5. The van der Waals surface area contributed by atoms with E-state index in [4.69, 9.17) is 4.42 Å². The molecule has 0 radical (unpaired) electrons. The van der Waals surface area contributed by atoms with E-state index in [0.29, 0.717) is 11.5 Å². The second-order valence-corrected chi connectivity index (χ2v) is 5.50. The van der Waals surface area contributed by atoms with Gasteiger partial charge in [-0.25, -0.2) is 17.5 Å². The predicted molar refractivity (Wildman–Crippen MR) is 63.9 cm³/mol. The van der Waals surface area contributed by atoms with Crippen molar-refractivity contribution in [2.75, 3.05) is 0 Å². The zero-order valence-electron chi connectivity index (χ0n) is 9.68. The van der Waals surface area contributed by atoms with Crippen LogP contribution in [0.1, 0.15) is 11.5 Å². The third-order valence-corrected chi connectivity index (χ3v) is 3.79. The first-order valence-corrected chi connectivity index (χ1v) is 6.77. The lowest BCUT2D eigenvalue weighted by atomic mass is 10.4. The van der Waals surface area contributed by atoms with Gasteiger partial charge in [0, 0.05) is 0 Å². The van der Waals surface area contributed by atoms with Crippen LogP contribution in [0.25, 0.3) is 0 Å². The number of hydrogen-bond acceptors (Lipinski definition) is 3. The maximum Gasteiger partial charge on any atom is 0.243 e. The molecule has 1 aromatic heterocycles. The number of benzene rings is 1. The van der Waals surface area contributed by atoms with Crippen LogP contribution in [0.2, 0.25) is 0 Å². The summed E-state index contributed by atoms with van der Waals surface area (Å²) in [6, 6.07) is 8.61. The van der Waals surface area contributed by atoms with Gasteiger partial charge in [0.05, 0.1) is 6.54 Å². The summed E-state index contributed by atoms with van der Waals surface area (Å²) in [6.07, 6.45) is 0. The number of rotatable bonds is 4. The summed E-state index contributed by atoms with van der Waals surface area (Å²) in [4.78, 5) is -0.367. The Balaban J connectivity index is 2.16. The highest BCUT2D eigenvalue weighted by Crippen LogP contribution is 2.14. The van der Waals surface area contributed by atoms with Gasteiger partial charge in [-0.05, 0) is 31.2 Å². The van der Waals surface area contributed by atoms with E-state index in [1.807, 2.05) is 0 Å². The first-order chi connectivity index (χ1) is 8.49. The molecule has 0 fully saturated rings. The van der Waals surface area contributed by atoms with Gasteiger partial charge in [0.15, 0.2) is 0 Å². The zero-order chi connectivity index (χ0) is 13.2. The third-order valence-electron chi connectivity index (χ3n) is 2.36. The van der Waals surface area contributed by atoms with E-state index in [2.05, 4.69) is 4.72 Å². The highest BCUT2D eigenvalue weighted by atomic mass is 32.2. The van der Waals surface area contributed by atoms with Crippen LogP contribution in [-0.4, -0.2) is 8.42 Å². The van der Waals surface area contributed by atoms with Crippen molar-refractivity contribution in [3.8, 4) is 0 Å². The van der Waals surface area contributed by atoms with E-state index in [-0.39, 0.29) is 11.4 Å². The lowest BCUT2D eigenvalue weighted by molar-refractivity contribution is 0.474. The van der Waals surface area contributed by atoms with E-state index in [9.17, 15) is 12.8 Å². The Hall–Kier alpha value is -1.66.